The van der Waals surface area contributed by atoms with Crippen molar-refractivity contribution in [3.63, 3.8) is 0 Å². The number of hydrogen-bond donors (Lipinski definition) is 0. The van der Waals surface area contributed by atoms with E-state index < -0.39 is 31.7 Å². The summed E-state index contributed by atoms with van der Waals surface area (Å²) in [7, 11) is 1.14. The Balaban J connectivity index is 0.000000261. The molecule has 11 heteroatoms. The average molecular weight is 1010 g/mol. The molecule has 0 atom stereocenters. The number of nitrogens with zero attached hydrogens (tertiary/aromatic N) is 6. The first-order valence-corrected chi connectivity index (χ1v) is 28.1. The van der Waals surface area contributed by atoms with E-state index in [2.05, 4.69) is 267 Å². The van der Waals surface area contributed by atoms with Crippen molar-refractivity contribution in [1.29, 1.82) is 21.6 Å². The topological polar surface area (TPSA) is 102 Å². The van der Waals surface area contributed by atoms with Crippen LogP contribution in [0.3, 0.4) is 0 Å². The summed E-state index contributed by atoms with van der Waals surface area (Å²) in [6.07, 6.45) is 4.41. The van der Waals surface area contributed by atoms with Crippen molar-refractivity contribution < 1.29 is 21.1 Å². The van der Waals surface area contributed by atoms with E-state index in [1.807, 2.05) is 0 Å². The zero-order valence-electron chi connectivity index (χ0n) is 37.0. The van der Waals surface area contributed by atoms with Gasteiger partial charge in [0, 0.05) is 42.6 Å². The van der Waals surface area contributed by atoms with Crippen LogP contribution in [0.25, 0.3) is 0 Å². The van der Waals surface area contributed by atoms with Gasteiger partial charge in [0.2, 0.25) is 0 Å². The summed E-state index contributed by atoms with van der Waals surface area (Å²) in [6, 6.07) is 88.5. The molecule has 0 amide bonds. The van der Waals surface area contributed by atoms with Crippen molar-refractivity contribution in [2.45, 2.75) is 0 Å². The van der Waals surface area contributed by atoms with Crippen LogP contribution in [-0.4, -0.2) is 49.0 Å². The van der Waals surface area contributed by atoms with Crippen LogP contribution in [0.2, 0.25) is 0 Å². The van der Waals surface area contributed by atoms with E-state index in [9.17, 15) is 0 Å². The maximum Gasteiger partial charge on any atom is 0.121 e. The summed E-state index contributed by atoms with van der Waals surface area (Å²) < 4.78 is 0. The van der Waals surface area contributed by atoms with E-state index in [1.54, 1.807) is 0 Å². The Morgan fingerprint density at radius 2 is 0.354 bits per heavy atom. The molecular formula is C54H58MoN6P4+4. The van der Waals surface area contributed by atoms with Crippen LogP contribution < -0.4 is 42.4 Å². The second-order valence-electron chi connectivity index (χ2n) is 15.2. The molecule has 6 nitrogen and oxygen atoms in total. The molecule has 0 radical (unpaired) electrons. The van der Waals surface area contributed by atoms with Gasteiger partial charge in [-0.05, 0) is 111 Å². The fourth-order valence-corrected chi connectivity index (χ4v) is 18.3. The molecule has 326 valence electrons. The molecule has 0 bridgehead atoms. The first kappa shape index (κ1) is 52.6. The molecule has 8 rings (SSSR count). The fourth-order valence-electron chi connectivity index (χ4n) is 7.70. The Morgan fingerprint density at radius 3 is 0.462 bits per heavy atom. The zero-order valence-corrected chi connectivity index (χ0v) is 43.0. The van der Waals surface area contributed by atoms with Crippen LogP contribution >= 0.6 is 31.7 Å². The molecule has 65 heavy (non-hydrogen) atoms. The van der Waals surface area contributed by atoms with E-state index in [0.29, 0.717) is 0 Å². The van der Waals surface area contributed by atoms with Crippen LogP contribution in [0.15, 0.2) is 243 Å². The SMILES string of the molecule is CN(C[PH+](c1ccccc1)c1ccccc1)C[PH+](c1ccccc1)c1ccccc1.CN(C[PH+](c1ccccc1)c1ccccc1)C[PH+](c1ccccc1)c1ccccc1.N#N.N#N.[Mo]. The molecular weight excluding hydrogens is 952 g/mol. The molecule has 0 aliphatic carbocycles. The van der Waals surface area contributed by atoms with E-state index in [0.717, 1.165) is 25.1 Å². The normalized spacial score (nSPS) is 10.5. The molecule has 0 fully saturated rings. The first-order chi connectivity index (χ1) is 31.6. The molecule has 0 aliphatic heterocycles. The van der Waals surface area contributed by atoms with Gasteiger partial charge in [0.25, 0.3) is 0 Å². The van der Waals surface area contributed by atoms with Gasteiger partial charge in [0.1, 0.15) is 25.1 Å². The third-order valence-electron chi connectivity index (χ3n) is 10.7. The van der Waals surface area contributed by atoms with Gasteiger partial charge in [-0.1, -0.05) is 146 Å². The van der Waals surface area contributed by atoms with Crippen LogP contribution in [0.5, 0.6) is 0 Å². The number of rotatable bonds is 16. The Morgan fingerprint density at radius 1 is 0.246 bits per heavy atom. The molecule has 0 aromatic heterocycles. The molecule has 8 aromatic carbocycles. The maximum atomic E-state index is 6.00. The molecule has 0 saturated carbocycles. The van der Waals surface area contributed by atoms with Crippen molar-refractivity contribution in [2.75, 3.05) is 39.2 Å². The van der Waals surface area contributed by atoms with E-state index >= 15 is 0 Å². The van der Waals surface area contributed by atoms with Crippen molar-refractivity contribution >= 4 is 74.1 Å². The fraction of sp³-hybridized carbons (Fsp3) is 0.111. The van der Waals surface area contributed by atoms with Gasteiger partial charge in [-0.25, -0.2) is 9.80 Å². The van der Waals surface area contributed by atoms with Crippen LogP contribution in [0, 0.1) is 21.6 Å². The average Bonchev–Trinajstić information content (AvgIpc) is 3.39. The summed E-state index contributed by atoms with van der Waals surface area (Å²) in [5.41, 5.74) is 0. The van der Waals surface area contributed by atoms with Gasteiger partial charge < -0.3 is 0 Å². The molecule has 0 spiro atoms. The van der Waals surface area contributed by atoms with Crippen LogP contribution in [-0.2, 0) is 21.1 Å². The molecule has 0 heterocycles. The standard InChI is InChI=1S/2C27H27NP2.Mo.2N2/c2*1-28(22-29(24-14-6-2-7-15-24)25-16-8-3-9-17-25)23-30(26-18-10-4-11-19-26)27-20-12-5-13-21-27;;2*1-2/h2*2-21H,22-23H2,1H3;;;/p+4. The van der Waals surface area contributed by atoms with Gasteiger partial charge in [0.05, 0.1) is 74.1 Å². The monoisotopic (exact) mass is 1010 g/mol. The van der Waals surface area contributed by atoms with Crippen molar-refractivity contribution in [3.05, 3.63) is 243 Å². The predicted octanol–water partition coefficient (Wildman–Crippen LogP) is 9.19. The first-order valence-electron chi connectivity index (χ1n) is 21.3. The second kappa shape index (κ2) is 30.2. The van der Waals surface area contributed by atoms with Crippen molar-refractivity contribution in [2.24, 2.45) is 0 Å². The van der Waals surface area contributed by atoms with Gasteiger partial charge in [-0.3, -0.25) is 0 Å². The zero-order chi connectivity index (χ0) is 45.2. The van der Waals surface area contributed by atoms with Gasteiger partial charge in [-0.2, -0.15) is 0 Å². The molecule has 0 N–H and O–H groups in total. The number of hydrogen-bond acceptors (Lipinski definition) is 6. The van der Waals surface area contributed by atoms with Crippen molar-refractivity contribution in [1.82, 2.24) is 9.80 Å². The quantitative estimate of drug-likeness (QED) is 0.0544. The van der Waals surface area contributed by atoms with Gasteiger partial charge >= 0.3 is 0 Å². The summed E-state index contributed by atoms with van der Waals surface area (Å²) in [6.45, 7) is 0. The van der Waals surface area contributed by atoms with Gasteiger partial charge in [0.15, 0.2) is 0 Å². The Bertz CT molecular complexity index is 1970. The van der Waals surface area contributed by atoms with Crippen molar-refractivity contribution in [3.8, 4) is 0 Å². The van der Waals surface area contributed by atoms with Crippen LogP contribution in [0.1, 0.15) is 0 Å². The largest absolute Gasteiger partial charge is 0.240 e. The maximum absolute atomic E-state index is 6.00. The van der Waals surface area contributed by atoms with E-state index in [-0.39, 0.29) is 21.1 Å². The third kappa shape index (κ3) is 16.7. The Labute approximate surface area is 405 Å². The molecule has 0 unspecified atom stereocenters. The minimum Gasteiger partial charge on any atom is -0.240 e. The Hall–Kier alpha value is -5.07. The summed E-state index contributed by atoms with van der Waals surface area (Å²) in [5, 5.41) is 35.8. The summed E-state index contributed by atoms with van der Waals surface area (Å²) in [4.78, 5) is 5.14. The van der Waals surface area contributed by atoms with Gasteiger partial charge in [-0.15, -0.1) is 0 Å². The Kier molecular flexibility index (Phi) is 24.4. The minimum absolute atomic E-state index is 0. The smallest absolute Gasteiger partial charge is 0.121 e. The summed E-state index contributed by atoms with van der Waals surface area (Å²) >= 11 is 0. The second-order valence-corrected chi connectivity index (χ2v) is 24.9. The summed E-state index contributed by atoms with van der Waals surface area (Å²) in [5.74, 6) is 0. The van der Waals surface area contributed by atoms with Crippen LogP contribution in [0.4, 0.5) is 0 Å². The third-order valence-corrected chi connectivity index (χ3v) is 22.4. The minimum atomic E-state index is -0.865. The molecule has 0 saturated heterocycles. The van der Waals surface area contributed by atoms with E-state index in [4.69, 9.17) is 21.6 Å². The predicted molar refractivity (Wildman–Crippen MR) is 284 cm³/mol. The molecule has 0 aliphatic rings. The van der Waals surface area contributed by atoms with E-state index in [1.165, 1.54) is 42.4 Å². The number of benzene rings is 8. The molecule has 8 aromatic rings.